The van der Waals surface area contributed by atoms with Gasteiger partial charge in [-0.05, 0) is 84.6 Å². The largest absolute Gasteiger partial charge is 0.325 e. The van der Waals surface area contributed by atoms with Crippen molar-refractivity contribution in [2.24, 2.45) is 17.8 Å². The van der Waals surface area contributed by atoms with Crippen LogP contribution in [0.4, 0.5) is 10.1 Å². The fourth-order valence-corrected chi connectivity index (χ4v) is 5.12. The Balaban J connectivity index is 1.26. The van der Waals surface area contributed by atoms with Crippen molar-refractivity contribution in [1.29, 1.82) is 0 Å². The number of rotatable bonds is 4. The zero-order valence-electron chi connectivity index (χ0n) is 16.3. The minimum atomic E-state index is -0.238. The van der Waals surface area contributed by atoms with Gasteiger partial charge in [0.1, 0.15) is 11.0 Å². The van der Waals surface area contributed by atoms with Crippen molar-refractivity contribution < 1.29 is 9.18 Å². The topological polar surface area (TPSA) is 54.9 Å². The Hall–Kier alpha value is -2.79. The number of nitrogens with zero attached hydrogens (tertiary/aromatic N) is 2. The molecule has 1 N–H and O–H groups in total. The number of anilines is 1. The summed E-state index contributed by atoms with van der Waals surface area (Å²) in [5.41, 5.74) is 3.84. The smallest absolute Gasteiger partial charge is 0.224 e. The van der Waals surface area contributed by atoms with Gasteiger partial charge in [0, 0.05) is 18.0 Å². The Morgan fingerprint density at radius 3 is 2.87 bits per heavy atom. The molecule has 6 heteroatoms. The van der Waals surface area contributed by atoms with Gasteiger partial charge in [-0.1, -0.05) is 17.7 Å². The maximum atomic E-state index is 13.8. The number of nitrogens with one attached hydrogen (secondary N) is 1. The Bertz CT molecular complexity index is 1140. The summed E-state index contributed by atoms with van der Waals surface area (Å²) in [6.45, 7) is 0. The molecular weight excluding hydrogens is 401 g/mol. The van der Waals surface area contributed by atoms with Crippen molar-refractivity contribution in [2.75, 3.05) is 5.32 Å². The van der Waals surface area contributed by atoms with E-state index in [0.717, 1.165) is 35.7 Å². The summed E-state index contributed by atoms with van der Waals surface area (Å²) < 4.78 is 13.8. The lowest BCUT2D eigenvalue weighted by Gasteiger charge is -2.13. The van der Waals surface area contributed by atoms with Gasteiger partial charge in [0.15, 0.2) is 0 Å². The summed E-state index contributed by atoms with van der Waals surface area (Å²) >= 11 is 5.78. The molecule has 2 aliphatic carbocycles. The van der Waals surface area contributed by atoms with Gasteiger partial charge in [-0.3, -0.25) is 9.78 Å². The highest BCUT2D eigenvalue weighted by atomic mass is 35.5. The summed E-state index contributed by atoms with van der Waals surface area (Å²) in [5, 5.41) is 4.18. The Morgan fingerprint density at radius 1 is 1.17 bits per heavy atom. The van der Waals surface area contributed by atoms with Crippen LogP contribution in [0.15, 0.2) is 54.9 Å². The number of carbonyl (C=O) groups is 1. The van der Waals surface area contributed by atoms with Crippen LogP contribution in [0.2, 0.25) is 5.15 Å². The van der Waals surface area contributed by atoms with Crippen LogP contribution in [0.25, 0.3) is 16.5 Å². The quantitative estimate of drug-likeness (QED) is 0.535. The predicted octanol–water partition coefficient (Wildman–Crippen LogP) is 5.88. The molecule has 1 amide bonds. The molecule has 2 aromatic heterocycles. The lowest BCUT2D eigenvalue weighted by molar-refractivity contribution is -0.117. The van der Waals surface area contributed by atoms with Crippen LogP contribution in [0.5, 0.6) is 0 Å². The van der Waals surface area contributed by atoms with E-state index in [-0.39, 0.29) is 11.7 Å². The van der Waals surface area contributed by atoms with Gasteiger partial charge < -0.3 is 5.32 Å². The molecule has 3 aromatic rings. The van der Waals surface area contributed by atoms with Gasteiger partial charge in [0.25, 0.3) is 0 Å². The first-order valence-electron chi connectivity index (χ1n) is 10.2. The standard InChI is InChI=1S/C24H21ClFN3O/c25-23-4-2-19(13-28-23)29-24(30)9-14-7-15-10-17(11-16(15)8-14)20-5-6-27-22-3-1-18(26)12-21(20)22/h1-6,10,12-16H,7-9,11H2,(H,29,30)/t14-,15-,16?/m0/s1. The van der Waals surface area contributed by atoms with Crippen LogP contribution in [0, 0.1) is 23.6 Å². The van der Waals surface area contributed by atoms with Crippen LogP contribution in [0.1, 0.15) is 31.2 Å². The van der Waals surface area contributed by atoms with Crippen molar-refractivity contribution in [3.8, 4) is 0 Å². The van der Waals surface area contributed by atoms with E-state index in [1.165, 1.54) is 11.6 Å². The monoisotopic (exact) mass is 421 g/mol. The third kappa shape index (κ3) is 3.82. The number of allylic oxidation sites excluding steroid dienone is 2. The van der Waals surface area contributed by atoms with Gasteiger partial charge in [-0.2, -0.15) is 0 Å². The van der Waals surface area contributed by atoms with E-state index < -0.39 is 0 Å². The Morgan fingerprint density at radius 2 is 2.07 bits per heavy atom. The van der Waals surface area contributed by atoms with Crippen LogP contribution >= 0.6 is 11.6 Å². The highest BCUT2D eigenvalue weighted by Gasteiger charge is 2.38. The number of hydrogen-bond acceptors (Lipinski definition) is 3. The molecule has 152 valence electrons. The highest BCUT2D eigenvalue weighted by molar-refractivity contribution is 6.29. The molecule has 3 atom stereocenters. The SMILES string of the molecule is O=C(C[C@@H]1CC2CC(c3ccnc4ccc(F)cc34)=C[C@@H]2C1)Nc1ccc(Cl)nc1. The Kier molecular flexibility index (Phi) is 4.99. The minimum absolute atomic E-state index is 0.0175. The predicted molar refractivity (Wildman–Crippen MR) is 116 cm³/mol. The molecule has 4 nitrogen and oxygen atoms in total. The van der Waals surface area contributed by atoms with Gasteiger partial charge in [-0.15, -0.1) is 0 Å². The average molecular weight is 422 g/mol. The second kappa shape index (κ2) is 7.80. The number of halogens is 2. The summed E-state index contributed by atoms with van der Waals surface area (Å²) in [6, 6.07) is 10.2. The first-order chi connectivity index (χ1) is 14.5. The highest BCUT2D eigenvalue weighted by Crippen LogP contribution is 2.49. The zero-order valence-corrected chi connectivity index (χ0v) is 17.1. The summed E-state index contributed by atoms with van der Waals surface area (Å²) in [5.74, 6) is 1.18. The normalized spacial score (nSPS) is 22.7. The molecule has 2 aliphatic rings. The average Bonchev–Trinajstić information content (AvgIpc) is 3.27. The van der Waals surface area contributed by atoms with Gasteiger partial charge >= 0.3 is 0 Å². The van der Waals surface area contributed by atoms with Crippen molar-refractivity contribution in [3.05, 3.63) is 71.4 Å². The minimum Gasteiger partial charge on any atom is -0.325 e. The van der Waals surface area contributed by atoms with E-state index in [9.17, 15) is 9.18 Å². The molecular formula is C24H21ClFN3O. The molecule has 1 fully saturated rings. The fourth-order valence-electron chi connectivity index (χ4n) is 5.01. The van der Waals surface area contributed by atoms with E-state index in [1.54, 1.807) is 36.7 Å². The molecule has 0 bridgehead atoms. The molecule has 0 radical (unpaired) electrons. The fraction of sp³-hybridized carbons (Fsp3) is 0.292. The number of fused-ring (bicyclic) bond motifs is 2. The molecule has 1 unspecified atom stereocenters. The lowest BCUT2D eigenvalue weighted by Crippen LogP contribution is -2.15. The molecule has 5 rings (SSSR count). The van der Waals surface area contributed by atoms with E-state index in [0.29, 0.717) is 35.0 Å². The third-order valence-corrected chi connectivity index (χ3v) is 6.50. The molecule has 0 aliphatic heterocycles. The number of pyridine rings is 2. The summed E-state index contributed by atoms with van der Waals surface area (Å²) in [6.07, 6.45) is 9.24. The maximum Gasteiger partial charge on any atom is 0.224 e. The van der Waals surface area contributed by atoms with Gasteiger partial charge in [0.05, 0.1) is 17.4 Å². The van der Waals surface area contributed by atoms with Crippen LogP contribution < -0.4 is 5.32 Å². The molecule has 1 aromatic carbocycles. The second-order valence-corrected chi connectivity index (χ2v) is 8.69. The van der Waals surface area contributed by atoms with Gasteiger partial charge in [0.2, 0.25) is 5.91 Å². The van der Waals surface area contributed by atoms with Crippen molar-refractivity contribution in [3.63, 3.8) is 0 Å². The van der Waals surface area contributed by atoms with E-state index >= 15 is 0 Å². The number of hydrogen-bond donors (Lipinski definition) is 1. The van der Waals surface area contributed by atoms with Crippen molar-refractivity contribution in [1.82, 2.24) is 9.97 Å². The van der Waals surface area contributed by atoms with E-state index in [4.69, 9.17) is 11.6 Å². The number of benzene rings is 1. The second-order valence-electron chi connectivity index (χ2n) is 8.30. The van der Waals surface area contributed by atoms with Crippen LogP contribution in [0.3, 0.4) is 0 Å². The molecule has 2 heterocycles. The number of amides is 1. The molecule has 30 heavy (non-hydrogen) atoms. The maximum absolute atomic E-state index is 13.8. The number of carbonyl (C=O) groups excluding carboxylic acids is 1. The zero-order chi connectivity index (χ0) is 20.7. The van der Waals surface area contributed by atoms with Crippen LogP contribution in [-0.4, -0.2) is 15.9 Å². The molecule has 0 spiro atoms. The first kappa shape index (κ1) is 19.2. The summed E-state index contributed by atoms with van der Waals surface area (Å²) in [4.78, 5) is 20.8. The number of aromatic nitrogens is 2. The van der Waals surface area contributed by atoms with Crippen LogP contribution in [-0.2, 0) is 4.79 Å². The third-order valence-electron chi connectivity index (χ3n) is 6.28. The van der Waals surface area contributed by atoms with E-state index in [1.807, 2.05) is 6.07 Å². The molecule has 1 saturated carbocycles. The lowest BCUT2D eigenvalue weighted by atomic mass is 9.94. The summed E-state index contributed by atoms with van der Waals surface area (Å²) in [7, 11) is 0. The van der Waals surface area contributed by atoms with Crippen molar-refractivity contribution in [2.45, 2.75) is 25.7 Å². The molecule has 0 saturated heterocycles. The van der Waals surface area contributed by atoms with Gasteiger partial charge in [-0.25, -0.2) is 9.37 Å². The first-order valence-corrected chi connectivity index (χ1v) is 10.6. The Labute approximate surface area is 179 Å². The van der Waals surface area contributed by atoms with Crippen molar-refractivity contribution >= 4 is 39.7 Å². The van der Waals surface area contributed by atoms with E-state index in [2.05, 4.69) is 21.4 Å².